The topological polar surface area (TPSA) is 52.6 Å². The van der Waals surface area contributed by atoms with Crippen LogP contribution >= 0.6 is 0 Å². The van der Waals surface area contributed by atoms with Crippen molar-refractivity contribution in [3.05, 3.63) is 0 Å². The lowest BCUT2D eigenvalue weighted by atomic mass is 10.0. The van der Waals surface area contributed by atoms with Crippen molar-refractivity contribution in [2.45, 2.75) is 72.3 Å². The van der Waals surface area contributed by atoms with Gasteiger partial charge in [-0.05, 0) is 33.1 Å². The molecule has 0 aliphatic heterocycles. The molecule has 0 aromatic carbocycles. The summed E-state index contributed by atoms with van der Waals surface area (Å²) in [5, 5.41) is 0. The van der Waals surface area contributed by atoms with Gasteiger partial charge in [-0.3, -0.25) is 9.59 Å². The van der Waals surface area contributed by atoms with Crippen molar-refractivity contribution in [3.8, 4) is 0 Å². The third-order valence-electron chi connectivity index (χ3n) is 2.73. The summed E-state index contributed by atoms with van der Waals surface area (Å²) in [5.41, 5.74) is -0.565. The molecule has 0 N–H and O–H groups in total. The van der Waals surface area contributed by atoms with Gasteiger partial charge in [0.1, 0.15) is 12.0 Å². The Morgan fingerprint density at radius 3 is 2.21 bits per heavy atom. The lowest BCUT2D eigenvalue weighted by Crippen LogP contribution is -2.26. The van der Waals surface area contributed by atoms with Crippen LogP contribution in [0.5, 0.6) is 0 Å². The van der Waals surface area contributed by atoms with E-state index in [0.29, 0.717) is 12.5 Å². The highest BCUT2D eigenvalue weighted by Gasteiger charge is 2.20. The molecule has 0 heterocycles. The largest absolute Gasteiger partial charge is 0.465 e. The number of unbranched alkanes of at least 4 members (excludes halogenated alkanes) is 1. The molecular formula is C15H28O4. The zero-order chi connectivity index (χ0) is 14.9. The molecule has 0 aliphatic rings. The molecule has 0 rings (SSSR count). The molecule has 0 saturated heterocycles. The quantitative estimate of drug-likeness (QED) is 0.501. The van der Waals surface area contributed by atoms with E-state index in [2.05, 4.69) is 13.8 Å². The Hall–Kier alpha value is -1.06. The maximum Gasteiger partial charge on any atom is 0.317 e. The highest BCUT2D eigenvalue weighted by molar-refractivity contribution is 5.91. The minimum absolute atomic E-state index is 0.304. The summed E-state index contributed by atoms with van der Waals surface area (Å²) >= 11 is 0. The van der Waals surface area contributed by atoms with E-state index in [4.69, 9.17) is 9.47 Å². The van der Waals surface area contributed by atoms with Crippen LogP contribution in [0, 0.1) is 5.92 Å². The maximum absolute atomic E-state index is 11.5. The van der Waals surface area contributed by atoms with Crippen LogP contribution in [0.2, 0.25) is 0 Å². The minimum Gasteiger partial charge on any atom is -0.465 e. The SMILES string of the molecule is CCCCC(CC)COC(=O)CC(=O)OC(C)(C)C. The van der Waals surface area contributed by atoms with Gasteiger partial charge in [0.15, 0.2) is 0 Å². The first-order chi connectivity index (χ1) is 8.78. The zero-order valence-corrected chi connectivity index (χ0v) is 13.0. The maximum atomic E-state index is 11.5. The fraction of sp³-hybridized carbons (Fsp3) is 0.867. The highest BCUT2D eigenvalue weighted by Crippen LogP contribution is 2.13. The Bertz CT molecular complexity index is 278. The van der Waals surface area contributed by atoms with E-state index < -0.39 is 17.5 Å². The van der Waals surface area contributed by atoms with Crippen LogP contribution in [0.4, 0.5) is 0 Å². The summed E-state index contributed by atoms with van der Waals surface area (Å²) < 4.78 is 10.2. The summed E-state index contributed by atoms with van der Waals surface area (Å²) in [5.74, 6) is -0.633. The summed E-state index contributed by atoms with van der Waals surface area (Å²) in [6, 6.07) is 0. The van der Waals surface area contributed by atoms with Crippen LogP contribution in [-0.2, 0) is 19.1 Å². The van der Waals surface area contributed by atoms with Crippen LogP contribution < -0.4 is 0 Å². The standard InChI is InChI=1S/C15H28O4/c1-6-8-9-12(7-2)11-18-13(16)10-14(17)19-15(3,4)5/h12H,6-11H2,1-5H3. The van der Waals surface area contributed by atoms with Crippen LogP contribution in [0.25, 0.3) is 0 Å². The third kappa shape index (κ3) is 10.5. The molecule has 4 nitrogen and oxygen atoms in total. The number of rotatable bonds is 8. The van der Waals surface area contributed by atoms with Crippen LogP contribution in [0.15, 0.2) is 0 Å². The van der Waals surface area contributed by atoms with E-state index in [1.807, 2.05) is 0 Å². The van der Waals surface area contributed by atoms with Crippen molar-refractivity contribution in [1.82, 2.24) is 0 Å². The summed E-state index contributed by atoms with van der Waals surface area (Å²) in [6.07, 6.45) is 4.03. The number of esters is 2. The van der Waals surface area contributed by atoms with Gasteiger partial charge in [0.25, 0.3) is 0 Å². The lowest BCUT2D eigenvalue weighted by Gasteiger charge is -2.19. The van der Waals surface area contributed by atoms with E-state index in [0.717, 1.165) is 25.7 Å². The van der Waals surface area contributed by atoms with Crippen molar-refractivity contribution in [2.24, 2.45) is 5.92 Å². The van der Waals surface area contributed by atoms with Crippen LogP contribution in [0.3, 0.4) is 0 Å². The Labute approximate surface area is 116 Å². The van der Waals surface area contributed by atoms with E-state index >= 15 is 0 Å². The molecule has 4 heteroatoms. The monoisotopic (exact) mass is 272 g/mol. The molecule has 0 aliphatic carbocycles. The first-order valence-corrected chi connectivity index (χ1v) is 7.16. The molecule has 112 valence electrons. The molecule has 0 aromatic heterocycles. The smallest absolute Gasteiger partial charge is 0.317 e. The molecule has 0 aromatic rings. The fourth-order valence-corrected chi connectivity index (χ4v) is 1.66. The Morgan fingerprint density at radius 1 is 1.11 bits per heavy atom. The van der Waals surface area contributed by atoms with Gasteiger partial charge in [0.2, 0.25) is 0 Å². The summed E-state index contributed by atoms with van der Waals surface area (Å²) in [7, 11) is 0. The van der Waals surface area contributed by atoms with Crippen LogP contribution in [0.1, 0.15) is 66.7 Å². The van der Waals surface area contributed by atoms with Crippen molar-refractivity contribution in [1.29, 1.82) is 0 Å². The van der Waals surface area contributed by atoms with Crippen molar-refractivity contribution in [2.75, 3.05) is 6.61 Å². The predicted molar refractivity (Wildman–Crippen MR) is 74.7 cm³/mol. The van der Waals surface area contributed by atoms with E-state index in [-0.39, 0.29) is 6.42 Å². The normalized spacial score (nSPS) is 12.9. The van der Waals surface area contributed by atoms with Crippen molar-refractivity contribution >= 4 is 11.9 Å². The molecular weight excluding hydrogens is 244 g/mol. The zero-order valence-electron chi connectivity index (χ0n) is 13.0. The van der Waals surface area contributed by atoms with Gasteiger partial charge in [-0.1, -0.05) is 33.1 Å². The predicted octanol–water partition coefficient (Wildman–Crippen LogP) is 3.48. The molecule has 0 amide bonds. The van der Waals surface area contributed by atoms with Gasteiger partial charge in [0, 0.05) is 0 Å². The first kappa shape index (κ1) is 17.9. The summed E-state index contributed by atoms with van der Waals surface area (Å²) in [4.78, 5) is 22.9. The van der Waals surface area contributed by atoms with Gasteiger partial charge >= 0.3 is 11.9 Å². The molecule has 0 spiro atoms. The Morgan fingerprint density at radius 2 is 1.74 bits per heavy atom. The first-order valence-electron chi connectivity index (χ1n) is 7.16. The van der Waals surface area contributed by atoms with Crippen molar-refractivity contribution in [3.63, 3.8) is 0 Å². The molecule has 0 saturated carbocycles. The van der Waals surface area contributed by atoms with Gasteiger partial charge in [-0.15, -0.1) is 0 Å². The number of ether oxygens (including phenoxy) is 2. The number of carbonyl (C=O) groups excluding carboxylic acids is 2. The summed E-state index contributed by atoms with van der Waals surface area (Å²) in [6.45, 7) is 9.94. The molecule has 0 radical (unpaired) electrons. The van der Waals surface area contributed by atoms with Gasteiger partial charge < -0.3 is 9.47 Å². The van der Waals surface area contributed by atoms with Gasteiger partial charge in [0.05, 0.1) is 6.61 Å². The van der Waals surface area contributed by atoms with Crippen LogP contribution in [-0.4, -0.2) is 24.1 Å². The van der Waals surface area contributed by atoms with Gasteiger partial charge in [-0.25, -0.2) is 0 Å². The number of carbonyl (C=O) groups is 2. The van der Waals surface area contributed by atoms with Gasteiger partial charge in [-0.2, -0.15) is 0 Å². The Kier molecular flexibility index (Phi) is 8.44. The molecule has 0 fully saturated rings. The van der Waals surface area contributed by atoms with Crippen molar-refractivity contribution < 1.29 is 19.1 Å². The molecule has 1 unspecified atom stereocenters. The number of hydrogen-bond donors (Lipinski definition) is 0. The van der Waals surface area contributed by atoms with E-state index in [1.54, 1.807) is 20.8 Å². The second-order valence-electron chi connectivity index (χ2n) is 5.86. The minimum atomic E-state index is -0.565. The average Bonchev–Trinajstić information content (AvgIpc) is 2.26. The Balaban J connectivity index is 3.94. The fourth-order valence-electron chi connectivity index (χ4n) is 1.66. The molecule has 0 bridgehead atoms. The average molecular weight is 272 g/mol. The second-order valence-corrected chi connectivity index (χ2v) is 5.86. The highest BCUT2D eigenvalue weighted by atomic mass is 16.6. The van der Waals surface area contributed by atoms with E-state index in [9.17, 15) is 9.59 Å². The second kappa shape index (κ2) is 8.94. The third-order valence-corrected chi connectivity index (χ3v) is 2.73. The van der Waals surface area contributed by atoms with E-state index in [1.165, 1.54) is 0 Å². The molecule has 1 atom stereocenters. The number of hydrogen-bond acceptors (Lipinski definition) is 4. The molecule has 19 heavy (non-hydrogen) atoms. The lowest BCUT2D eigenvalue weighted by molar-refractivity contribution is -0.162.